The quantitative estimate of drug-likeness (QED) is 0.438. The summed E-state index contributed by atoms with van der Waals surface area (Å²) >= 11 is 0. The molecule has 104 valence electrons. The predicted molar refractivity (Wildman–Crippen MR) is 86.2 cm³/mol. The number of benzene rings is 3. The summed E-state index contributed by atoms with van der Waals surface area (Å²) in [4.78, 5) is 0. The summed E-state index contributed by atoms with van der Waals surface area (Å²) in [7, 11) is -1.80. The third-order valence-corrected chi connectivity index (χ3v) is 3.49. The van der Waals surface area contributed by atoms with E-state index in [4.69, 9.17) is 14.7 Å². The summed E-state index contributed by atoms with van der Waals surface area (Å²) in [5.41, 5.74) is 1.24. The van der Waals surface area contributed by atoms with Gasteiger partial charge in [-0.3, -0.25) is 0 Å². The van der Waals surface area contributed by atoms with Crippen LogP contribution in [0.3, 0.4) is 0 Å². The first-order chi connectivity index (χ1) is 10.2. The third kappa shape index (κ3) is 2.77. The zero-order chi connectivity index (χ0) is 14.8. The van der Waals surface area contributed by atoms with Gasteiger partial charge in [0, 0.05) is 0 Å². The fourth-order valence-corrected chi connectivity index (χ4v) is 2.59. The molecule has 0 spiro atoms. The highest BCUT2D eigenvalue weighted by Crippen LogP contribution is 2.29. The van der Waals surface area contributed by atoms with Crippen molar-refractivity contribution in [2.45, 2.75) is 6.42 Å². The minimum atomic E-state index is -1.80. The van der Waals surface area contributed by atoms with E-state index in [0.717, 1.165) is 22.6 Å². The number of rotatable bonds is 4. The highest BCUT2D eigenvalue weighted by molar-refractivity contribution is 6.33. The zero-order valence-corrected chi connectivity index (χ0v) is 11.5. The van der Waals surface area contributed by atoms with Gasteiger partial charge >= 0.3 is 7.32 Å². The molecule has 0 atom stereocenters. The van der Waals surface area contributed by atoms with Crippen molar-refractivity contribution in [3.8, 4) is 5.75 Å². The highest BCUT2D eigenvalue weighted by Gasteiger charge is 2.11. The molecule has 3 aromatic carbocycles. The van der Waals surface area contributed by atoms with Gasteiger partial charge in [0.05, 0.1) is 0 Å². The van der Waals surface area contributed by atoms with E-state index in [0.29, 0.717) is 5.75 Å². The molecule has 0 aliphatic heterocycles. The molecule has 0 aromatic heterocycles. The van der Waals surface area contributed by atoms with Gasteiger partial charge in [-0.25, -0.2) is 0 Å². The second-order valence-electron chi connectivity index (χ2n) is 4.94. The van der Waals surface area contributed by atoms with Gasteiger partial charge in [0.15, 0.2) is 0 Å². The lowest BCUT2D eigenvalue weighted by atomic mass is 9.99. The predicted octanol–water partition coefficient (Wildman–Crippen LogP) is 3.07. The van der Waals surface area contributed by atoms with Crippen LogP contribution < -0.4 is 4.65 Å². The average molecular weight is 278 g/mol. The number of hydrogen-bond donors (Lipinski definition) is 2. The van der Waals surface area contributed by atoms with Crippen molar-refractivity contribution in [2.75, 3.05) is 0 Å². The van der Waals surface area contributed by atoms with Gasteiger partial charge in [0.2, 0.25) is 0 Å². The fraction of sp³-hybridized carbons (Fsp3) is 0.0588. The first kappa shape index (κ1) is 13.7. The third-order valence-electron chi connectivity index (χ3n) is 3.49. The molecule has 0 amide bonds. The van der Waals surface area contributed by atoms with Gasteiger partial charge in [-0.2, -0.15) is 0 Å². The van der Waals surface area contributed by atoms with Crippen molar-refractivity contribution in [1.82, 2.24) is 0 Å². The van der Waals surface area contributed by atoms with E-state index in [-0.39, 0.29) is 0 Å². The first-order valence-corrected chi connectivity index (χ1v) is 6.76. The highest BCUT2D eigenvalue weighted by atomic mass is 16.6. The summed E-state index contributed by atoms with van der Waals surface area (Å²) in [5, 5.41) is 22.2. The SMILES string of the molecule is C=CCc1ccc2c(ccc3cc(OB(O)O)ccc32)c1. The van der Waals surface area contributed by atoms with Gasteiger partial charge in [0.1, 0.15) is 5.75 Å². The molecule has 3 rings (SSSR count). The van der Waals surface area contributed by atoms with E-state index in [9.17, 15) is 0 Å². The lowest BCUT2D eigenvalue weighted by Gasteiger charge is -2.09. The van der Waals surface area contributed by atoms with Crippen LogP contribution >= 0.6 is 0 Å². The topological polar surface area (TPSA) is 49.7 Å². The minimum Gasteiger partial charge on any atom is -0.512 e. The normalized spacial score (nSPS) is 10.8. The van der Waals surface area contributed by atoms with Crippen LogP contribution in [-0.4, -0.2) is 17.4 Å². The summed E-state index contributed by atoms with van der Waals surface area (Å²) in [6.07, 6.45) is 2.75. The van der Waals surface area contributed by atoms with Crippen molar-refractivity contribution < 1.29 is 14.7 Å². The van der Waals surface area contributed by atoms with Crippen LogP contribution in [0, 0.1) is 0 Å². The Morgan fingerprint density at radius 2 is 1.62 bits per heavy atom. The lowest BCUT2D eigenvalue weighted by molar-refractivity contribution is 0.288. The van der Waals surface area contributed by atoms with E-state index >= 15 is 0 Å². The Kier molecular flexibility index (Phi) is 3.65. The summed E-state index contributed by atoms with van der Waals surface area (Å²) < 4.78 is 4.89. The summed E-state index contributed by atoms with van der Waals surface area (Å²) in [6.45, 7) is 3.76. The van der Waals surface area contributed by atoms with Gasteiger partial charge < -0.3 is 14.7 Å². The molecule has 3 nitrogen and oxygen atoms in total. The van der Waals surface area contributed by atoms with E-state index in [1.54, 1.807) is 12.1 Å². The molecular weight excluding hydrogens is 263 g/mol. The molecule has 0 saturated heterocycles. The molecule has 0 unspecified atom stereocenters. The van der Waals surface area contributed by atoms with Crippen LogP contribution in [0.25, 0.3) is 21.5 Å². The number of allylic oxidation sites excluding steroid dienone is 1. The Hall–Kier alpha value is -2.30. The molecule has 0 radical (unpaired) electrons. The van der Waals surface area contributed by atoms with Crippen LogP contribution in [-0.2, 0) is 6.42 Å². The Balaban J connectivity index is 2.13. The molecule has 4 heteroatoms. The molecule has 0 saturated carbocycles. The zero-order valence-electron chi connectivity index (χ0n) is 11.5. The first-order valence-electron chi connectivity index (χ1n) is 6.76. The smallest absolute Gasteiger partial charge is 0.512 e. The van der Waals surface area contributed by atoms with Crippen molar-refractivity contribution in [1.29, 1.82) is 0 Å². The Bertz CT molecular complexity index is 812. The molecule has 21 heavy (non-hydrogen) atoms. The van der Waals surface area contributed by atoms with E-state index in [1.807, 2.05) is 18.2 Å². The Morgan fingerprint density at radius 1 is 0.952 bits per heavy atom. The van der Waals surface area contributed by atoms with E-state index < -0.39 is 7.32 Å². The minimum absolute atomic E-state index is 0.431. The Labute approximate surface area is 123 Å². The molecule has 2 N–H and O–H groups in total. The van der Waals surface area contributed by atoms with Crippen LogP contribution in [0.4, 0.5) is 0 Å². The van der Waals surface area contributed by atoms with E-state index in [2.05, 4.69) is 30.8 Å². The summed E-state index contributed by atoms with van der Waals surface area (Å²) in [5.74, 6) is 0.431. The number of hydrogen-bond acceptors (Lipinski definition) is 3. The van der Waals surface area contributed by atoms with Crippen molar-refractivity contribution in [2.24, 2.45) is 0 Å². The fourth-order valence-electron chi connectivity index (χ4n) is 2.59. The molecule has 0 bridgehead atoms. The maximum Gasteiger partial charge on any atom is 0.707 e. The average Bonchev–Trinajstić information content (AvgIpc) is 2.46. The van der Waals surface area contributed by atoms with Crippen molar-refractivity contribution >= 4 is 28.9 Å². The van der Waals surface area contributed by atoms with Crippen molar-refractivity contribution in [3.63, 3.8) is 0 Å². The largest absolute Gasteiger partial charge is 0.707 e. The maximum absolute atomic E-state index is 8.86. The van der Waals surface area contributed by atoms with Gasteiger partial charge in [-0.05, 0) is 45.7 Å². The lowest BCUT2D eigenvalue weighted by Crippen LogP contribution is -2.20. The van der Waals surface area contributed by atoms with Gasteiger partial charge in [-0.1, -0.05) is 42.5 Å². The molecule has 0 aliphatic rings. The van der Waals surface area contributed by atoms with Gasteiger partial charge in [-0.15, -0.1) is 6.58 Å². The molecule has 3 aromatic rings. The Morgan fingerprint density at radius 3 is 2.29 bits per heavy atom. The molecule has 0 heterocycles. The molecule has 0 aliphatic carbocycles. The standard InChI is InChI=1S/C17H15BO3/c1-2-3-12-4-8-16-13(10-12)5-6-14-11-15(21-18(19)20)7-9-17(14)16/h2,4-11,19-20H,1,3H2. The van der Waals surface area contributed by atoms with Crippen molar-refractivity contribution in [3.05, 3.63) is 66.7 Å². The van der Waals surface area contributed by atoms with Gasteiger partial charge in [0.25, 0.3) is 0 Å². The second-order valence-corrected chi connectivity index (χ2v) is 4.94. The maximum atomic E-state index is 8.86. The van der Waals surface area contributed by atoms with Crippen LogP contribution in [0.1, 0.15) is 5.56 Å². The monoisotopic (exact) mass is 278 g/mol. The van der Waals surface area contributed by atoms with Crippen LogP contribution in [0.2, 0.25) is 0 Å². The molecule has 0 fully saturated rings. The second kappa shape index (κ2) is 5.60. The van der Waals surface area contributed by atoms with Crippen LogP contribution in [0.5, 0.6) is 5.75 Å². The summed E-state index contributed by atoms with van der Waals surface area (Å²) in [6, 6.07) is 15.9. The van der Waals surface area contributed by atoms with E-state index in [1.165, 1.54) is 10.9 Å². The number of fused-ring (bicyclic) bond motifs is 3. The molecular formula is C17H15BO3. The van der Waals surface area contributed by atoms with Crippen LogP contribution in [0.15, 0.2) is 61.2 Å².